The molecule has 1 rings (SSSR count). The summed E-state index contributed by atoms with van der Waals surface area (Å²) in [6, 6.07) is 0.649. The van der Waals surface area contributed by atoms with Crippen LogP contribution >= 0.6 is 0 Å². The highest BCUT2D eigenvalue weighted by Crippen LogP contribution is 2.29. The van der Waals surface area contributed by atoms with Gasteiger partial charge in [0.05, 0.1) is 0 Å². The Labute approximate surface area is 114 Å². The Balaban J connectivity index is 2.59. The number of nitrogens with zero attached hydrogens (tertiary/aromatic N) is 2. The van der Waals surface area contributed by atoms with E-state index in [-0.39, 0.29) is 5.54 Å². The fourth-order valence-electron chi connectivity index (χ4n) is 3.29. The summed E-state index contributed by atoms with van der Waals surface area (Å²) in [5.74, 6) is 0. The van der Waals surface area contributed by atoms with Crippen molar-refractivity contribution in [3.8, 4) is 0 Å². The fourth-order valence-corrected chi connectivity index (χ4v) is 3.29. The van der Waals surface area contributed by atoms with Gasteiger partial charge in [0.15, 0.2) is 0 Å². The Morgan fingerprint density at radius 2 is 1.83 bits per heavy atom. The Bertz CT molecular complexity index is 222. The highest BCUT2D eigenvalue weighted by atomic mass is 15.2. The largest absolute Gasteiger partial charge is 0.329 e. The molecular formula is C15H33N3. The summed E-state index contributed by atoms with van der Waals surface area (Å²) in [4.78, 5) is 5.16. The second kappa shape index (κ2) is 7.46. The fraction of sp³-hybridized carbons (Fsp3) is 1.00. The van der Waals surface area contributed by atoms with Crippen molar-refractivity contribution >= 4 is 0 Å². The lowest BCUT2D eigenvalue weighted by Gasteiger charge is -2.49. The van der Waals surface area contributed by atoms with E-state index in [1.54, 1.807) is 0 Å². The molecule has 0 aromatic heterocycles. The van der Waals surface area contributed by atoms with E-state index in [2.05, 4.69) is 37.6 Å². The zero-order valence-electron chi connectivity index (χ0n) is 12.9. The SMILES string of the molecule is CCCC(C)N(C)C1(CN)CCN(CCC)CC1. The predicted molar refractivity (Wildman–Crippen MR) is 79.9 cm³/mol. The molecule has 1 heterocycles. The zero-order chi connectivity index (χ0) is 13.6. The van der Waals surface area contributed by atoms with Gasteiger partial charge in [0.1, 0.15) is 0 Å². The van der Waals surface area contributed by atoms with Gasteiger partial charge in [-0.25, -0.2) is 0 Å². The lowest BCUT2D eigenvalue weighted by Crippen LogP contribution is -2.60. The molecule has 0 radical (unpaired) electrons. The first-order valence-corrected chi connectivity index (χ1v) is 7.75. The van der Waals surface area contributed by atoms with Crippen LogP contribution in [0.3, 0.4) is 0 Å². The summed E-state index contributed by atoms with van der Waals surface area (Å²) in [7, 11) is 2.28. The van der Waals surface area contributed by atoms with Crippen LogP contribution < -0.4 is 5.73 Å². The van der Waals surface area contributed by atoms with E-state index in [1.165, 1.54) is 51.7 Å². The Morgan fingerprint density at radius 3 is 2.28 bits per heavy atom. The van der Waals surface area contributed by atoms with Gasteiger partial charge in [-0.2, -0.15) is 0 Å². The highest BCUT2D eigenvalue weighted by Gasteiger charge is 2.38. The van der Waals surface area contributed by atoms with Crippen LogP contribution in [-0.4, -0.2) is 54.6 Å². The van der Waals surface area contributed by atoms with Gasteiger partial charge < -0.3 is 10.6 Å². The van der Waals surface area contributed by atoms with Gasteiger partial charge in [0.2, 0.25) is 0 Å². The van der Waals surface area contributed by atoms with Crippen LogP contribution in [0, 0.1) is 0 Å². The maximum Gasteiger partial charge on any atom is 0.0355 e. The summed E-state index contributed by atoms with van der Waals surface area (Å²) in [5, 5.41) is 0. The van der Waals surface area contributed by atoms with Gasteiger partial charge in [0.25, 0.3) is 0 Å². The molecule has 1 saturated heterocycles. The molecule has 1 aliphatic rings. The zero-order valence-corrected chi connectivity index (χ0v) is 12.9. The Morgan fingerprint density at radius 1 is 1.22 bits per heavy atom. The molecule has 1 fully saturated rings. The normalized spacial score (nSPS) is 22.3. The smallest absolute Gasteiger partial charge is 0.0355 e. The molecule has 0 saturated carbocycles. The number of rotatable bonds is 7. The summed E-state index contributed by atoms with van der Waals surface area (Å²) >= 11 is 0. The van der Waals surface area contributed by atoms with Crippen molar-refractivity contribution in [2.45, 2.75) is 64.5 Å². The molecule has 18 heavy (non-hydrogen) atoms. The minimum Gasteiger partial charge on any atom is -0.329 e. The second-order valence-electron chi connectivity index (χ2n) is 6.02. The predicted octanol–water partition coefficient (Wildman–Crippen LogP) is 2.31. The topological polar surface area (TPSA) is 32.5 Å². The molecule has 0 bridgehead atoms. The lowest BCUT2D eigenvalue weighted by molar-refractivity contribution is 0.0187. The standard InChI is InChI=1S/C15H33N3/c1-5-7-14(3)17(4)15(13-16)8-11-18(10-6-2)12-9-15/h14H,5-13,16H2,1-4H3. The van der Waals surface area contributed by atoms with Gasteiger partial charge >= 0.3 is 0 Å². The van der Waals surface area contributed by atoms with Crippen molar-refractivity contribution in [2.24, 2.45) is 5.73 Å². The molecule has 2 N–H and O–H groups in total. The summed E-state index contributed by atoms with van der Waals surface area (Å²) in [6.07, 6.45) is 6.25. The minimum atomic E-state index is 0.249. The summed E-state index contributed by atoms with van der Waals surface area (Å²) in [5.41, 5.74) is 6.38. The van der Waals surface area contributed by atoms with Crippen molar-refractivity contribution in [3.05, 3.63) is 0 Å². The highest BCUT2D eigenvalue weighted by molar-refractivity contribution is 4.96. The van der Waals surface area contributed by atoms with E-state index in [0.29, 0.717) is 6.04 Å². The number of hydrogen-bond acceptors (Lipinski definition) is 3. The third-order valence-electron chi connectivity index (χ3n) is 4.82. The first-order valence-electron chi connectivity index (χ1n) is 7.75. The van der Waals surface area contributed by atoms with Gasteiger partial charge in [-0.15, -0.1) is 0 Å². The van der Waals surface area contributed by atoms with Gasteiger partial charge in [-0.3, -0.25) is 4.90 Å². The molecular weight excluding hydrogens is 222 g/mol. The maximum atomic E-state index is 6.13. The van der Waals surface area contributed by atoms with E-state index in [4.69, 9.17) is 5.73 Å². The average molecular weight is 255 g/mol. The number of likely N-dealkylation sites (tertiary alicyclic amines) is 1. The molecule has 1 unspecified atom stereocenters. The average Bonchev–Trinajstić information content (AvgIpc) is 2.40. The van der Waals surface area contributed by atoms with E-state index in [0.717, 1.165) is 6.54 Å². The van der Waals surface area contributed by atoms with Gasteiger partial charge in [-0.05, 0) is 59.3 Å². The van der Waals surface area contributed by atoms with E-state index in [1.807, 2.05) is 0 Å². The summed E-state index contributed by atoms with van der Waals surface area (Å²) in [6.45, 7) is 11.4. The van der Waals surface area contributed by atoms with E-state index in [9.17, 15) is 0 Å². The molecule has 0 aromatic rings. The van der Waals surface area contributed by atoms with Crippen LogP contribution in [0.5, 0.6) is 0 Å². The molecule has 3 nitrogen and oxygen atoms in total. The minimum absolute atomic E-state index is 0.249. The maximum absolute atomic E-state index is 6.13. The van der Waals surface area contributed by atoms with Crippen LogP contribution in [0.15, 0.2) is 0 Å². The first kappa shape index (κ1) is 15.9. The number of likely N-dealkylation sites (N-methyl/N-ethyl adjacent to an activating group) is 1. The quantitative estimate of drug-likeness (QED) is 0.758. The van der Waals surface area contributed by atoms with Crippen molar-refractivity contribution < 1.29 is 0 Å². The molecule has 1 aliphatic heterocycles. The molecule has 1 atom stereocenters. The third kappa shape index (κ3) is 3.69. The lowest BCUT2D eigenvalue weighted by atomic mass is 9.84. The van der Waals surface area contributed by atoms with Crippen LogP contribution in [0.25, 0.3) is 0 Å². The van der Waals surface area contributed by atoms with Crippen LogP contribution in [0.4, 0.5) is 0 Å². The number of piperidine rings is 1. The van der Waals surface area contributed by atoms with Crippen molar-refractivity contribution in [1.29, 1.82) is 0 Å². The van der Waals surface area contributed by atoms with E-state index < -0.39 is 0 Å². The van der Waals surface area contributed by atoms with Crippen molar-refractivity contribution in [2.75, 3.05) is 33.2 Å². The molecule has 0 aliphatic carbocycles. The van der Waals surface area contributed by atoms with Gasteiger partial charge in [-0.1, -0.05) is 20.3 Å². The van der Waals surface area contributed by atoms with Gasteiger partial charge in [0, 0.05) is 18.1 Å². The molecule has 0 spiro atoms. The first-order chi connectivity index (χ1) is 8.59. The van der Waals surface area contributed by atoms with Crippen LogP contribution in [0.1, 0.15) is 52.9 Å². The van der Waals surface area contributed by atoms with Crippen molar-refractivity contribution in [1.82, 2.24) is 9.80 Å². The molecule has 3 heteroatoms. The van der Waals surface area contributed by atoms with Crippen LogP contribution in [-0.2, 0) is 0 Å². The third-order valence-corrected chi connectivity index (χ3v) is 4.82. The number of hydrogen-bond donors (Lipinski definition) is 1. The van der Waals surface area contributed by atoms with Crippen LogP contribution in [0.2, 0.25) is 0 Å². The monoisotopic (exact) mass is 255 g/mol. The number of nitrogens with two attached hydrogens (primary N) is 1. The molecule has 108 valence electrons. The second-order valence-corrected chi connectivity index (χ2v) is 6.02. The molecule has 0 aromatic carbocycles. The summed E-state index contributed by atoms with van der Waals surface area (Å²) < 4.78 is 0. The Hall–Kier alpha value is -0.120. The van der Waals surface area contributed by atoms with E-state index >= 15 is 0 Å². The van der Waals surface area contributed by atoms with Crippen molar-refractivity contribution in [3.63, 3.8) is 0 Å². The molecule has 0 amide bonds. The Kier molecular flexibility index (Phi) is 6.61.